The van der Waals surface area contributed by atoms with Crippen molar-refractivity contribution in [2.75, 3.05) is 0 Å². The first kappa shape index (κ1) is 12.9. The molecular weight excluding hydrogens is 270 g/mol. The largest absolute Gasteiger partial charge is 0.478 e. The smallest absolute Gasteiger partial charge is 0.335 e. The van der Waals surface area contributed by atoms with Crippen LogP contribution in [-0.4, -0.2) is 36.3 Å². The summed E-state index contributed by atoms with van der Waals surface area (Å²) in [5.74, 6) is -0.379. The van der Waals surface area contributed by atoms with Crippen molar-refractivity contribution >= 4 is 5.97 Å². The van der Waals surface area contributed by atoms with E-state index < -0.39 is 5.97 Å². The molecule has 0 radical (unpaired) electrons. The molecule has 0 aliphatic rings. The average molecular weight is 281 g/mol. The molecule has 0 unspecified atom stereocenters. The first-order valence-electron chi connectivity index (χ1n) is 6.24. The number of pyridine rings is 1. The zero-order chi connectivity index (χ0) is 14.7. The molecule has 0 aliphatic heterocycles. The van der Waals surface area contributed by atoms with E-state index in [0.29, 0.717) is 18.1 Å². The van der Waals surface area contributed by atoms with Gasteiger partial charge in [-0.25, -0.2) is 9.48 Å². The van der Waals surface area contributed by atoms with Crippen molar-refractivity contribution in [3.8, 4) is 11.5 Å². The number of aromatic carboxylic acids is 1. The Balaban J connectivity index is 1.86. The quantitative estimate of drug-likeness (QED) is 0.778. The molecule has 21 heavy (non-hydrogen) atoms. The number of carboxylic acids is 1. The molecule has 2 aromatic heterocycles. The molecule has 3 rings (SSSR count). The molecule has 0 aliphatic carbocycles. The minimum absolute atomic E-state index is 0.250. The topological polar surface area (TPSA) is 93.8 Å². The third-order valence-electron chi connectivity index (χ3n) is 2.96. The molecule has 0 spiro atoms. The van der Waals surface area contributed by atoms with Crippen molar-refractivity contribution in [1.29, 1.82) is 0 Å². The molecule has 1 N–H and O–H groups in total. The Hall–Kier alpha value is -3.09. The first-order chi connectivity index (χ1) is 10.2. The van der Waals surface area contributed by atoms with Crippen LogP contribution in [0.1, 0.15) is 15.9 Å². The SMILES string of the molecule is O=C(O)c1ccc(Cn2nnnc2-c2ccccn2)cc1. The minimum atomic E-state index is -0.946. The lowest BCUT2D eigenvalue weighted by Gasteiger charge is -2.04. The van der Waals surface area contributed by atoms with Crippen molar-refractivity contribution in [1.82, 2.24) is 25.2 Å². The van der Waals surface area contributed by atoms with Crippen LogP contribution in [0.25, 0.3) is 11.5 Å². The molecule has 0 bridgehead atoms. The first-order valence-corrected chi connectivity index (χ1v) is 6.24. The summed E-state index contributed by atoms with van der Waals surface area (Å²) >= 11 is 0. The Morgan fingerprint density at radius 2 is 1.95 bits per heavy atom. The van der Waals surface area contributed by atoms with E-state index in [0.717, 1.165) is 5.56 Å². The van der Waals surface area contributed by atoms with Gasteiger partial charge < -0.3 is 5.11 Å². The number of hydrogen-bond acceptors (Lipinski definition) is 5. The Labute approximate surface area is 119 Å². The van der Waals surface area contributed by atoms with Crippen LogP contribution in [0.5, 0.6) is 0 Å². The zero-order valence-electron chi connectivity index (χ0n) is 10.9. The van der Waals surface area contributed by atoms with E-state index in [4.69, 9.17) is 5.11 Å². The highest BCUT2D eigenvalue weighted by Crippen LogP contribution is 2.13. The highest BCUT2D eigenvalue weighted by atomic mass is 16.4. The van der Waals surface area contributed by atoms with Gasteiger partial charge in [0.25, 0.3) is 0 Å². The van der Waals surface area contributed by atoms with Crippen LogP contribution in [0.3, 0.4) is 0 Å². The molecular formula is C14H11N5O2. The van der Waals surface area contributed by atoms with Crippen LogP contribution >= 0.6 is 0 Å². The van der Waals surface area contributed by atoms with Gasteiger partial charge in [0.05, 0.1) is 12.1 Å². The van der Waals surface area contributed by atoms with E-state index in [2.05, 4.69) is 20.5 Å². The number of carboxylic acid groups (broad SMARTS) is 1. The van der Waals surface area contributed by atoms with Gasteiger partial charge in [-0.1, -0.05) is 18.2 Å². The monoisotopic (exact) mass is 281 g/mol. The standard InChI is InChI=1S/C14H11N5O2/c20-14(21)11-6-4-10(5-7-11)9-19-13(16-17-18-19)12-3-1-2-8-15-12/h1-8H,9H2,(H,20,21). The summed E-state index contributed by atoms with van der Waals surface area (Å²) in [5.41, 5.74) is 1.84. The molecule has 0 fully saturated rings. The van der Waals surface area contributed by atoms with Crippen molar-refractivity contribution in [2.45, 2.75) is 6.54 Å². The van der Waals surface area contributed by atoms with Crippen molar-refractivity contribution < 1.29 is 9.90 Å². The van der Waals surface area contributed by atoms with Gasteiger partial charge in [-0.15, -0.1) is 5.10 Å². The third kappa shape index (κ3) is 2.76. The van der Waals surface area contributed by atoms with E-state index in [9.17, 15) is 4.79 Å². The third-order valence-corrected chi connectivity index (χ3v) is 2.96. The van der Waals surface area contributed by atoms with Crippen LogP contribution in [0.15, 0.2) is 48.7 Å². The van der Waals surface area contributed by atoms with Crippen LogP contribution in [-0.2, 0) is 6.54 Å². The van der Waals surface area contributed by atoms with Gasteiger partial charge >= 0.3 is 5.97 Å². The maximum absolute atomic E-state index is 10.8. The summed E-state index contributed by atoms with van der Waals surface area (Å²) in [6.07, 6.45) is 1.68. The van der Waals surface area contributed by atoms with E-state index in [1.807, 2.05) is 18.2 Å². The summed E-state index contributed by atoms with van der Waals surface area (Å²) in [6, 6.07) is 12.1. The molecule has 1 aromatic carbocycles. The number of aromatic nitrogens is 5. The highest BCUT2D eigenvalue weighted by molar-refractivity contribution is 5.87. The Bertz CT molecular complexity index is 753. The number of benzene rings is 1. The number of carbonyl (C=O) groups is 1. The summed E-state index contributed by atoms with van der Waals surface area (Å²) < 4.78 is 1.62. The average Bonchev–Trinajstić information content (AvgIpc) is 2.97. The van der Waals surface area contributed by atoms with Gasteiger partial charge in [0.15, 0.2) is 0 Å². The number of nitrogens with zero attached hydrogens (tertiary/aromatic N) is 5. The van der Waals surface area contributed by atoms with Crippen LogP contribution in [0, 0.1) is 0 Å². The number of tetrazole rings is 1. The molecule has 0 atom stereocenters. The van der Waals surface area contributed by atoms with Crippen molar-refractivity contribution in [3.05, 3.63) is 59.8 Å². The lowest BCUT2D eigenvalue weighted by Crippen LogP contribution is -2.05. The fraction of sp³-hybridized carbons (Fsp3) is 0.0714. The van der Waals surface area contributed by atoms with Gasteiger partial charge in [-0.2, -0.15) is 0 Å². The maximum Gasteiger partial charge on any atom is 0.335 e. The van der Waals surface area contributed by atoms with Crippen molar-refractivity contribution in [3.63, 3.8) is 0 Å². The number of rotatable bonds is 4. The zero-order valence-corrected chi connectivity index (χ0v) is 10.9. The molecule has 2 heterocycles. The molecule has 0 saturated carbocycles. The predicted molar refractivity (Wildman–Crippen MR) is 73.6 cm³/mol. The molecule has 7 nitrogen and oxygen atoms in total. The second kappa shape index (κ2) is 5.49. The Kier molecular flexibility index (Phi) is 3.38. The fourth-order valence-electron chi connectivity index (χ4n) is 1.92. The predicted octanol–water partition coefficient (Wildman–Crippen LogP) is 1.48. The van der Waals surface area contributed by atoms with Crippen LogP contribution < -0.4 is 0 Å². The van der Waals surface area contributed by atoms with E-state index in [-0.39, 0.29) is 5.56 Å². The maximum atomic E-state index is 10.8. The van der Waals surface area contributed by atoms with E-state index in [1.54, 1.807) is 35.1 Å². The molecule has 0 saturated heterocycles. The lowest BCUT2D eigenvalue weighted by molar-refractivity contribution is 0.0697. The second-order valence-electron chi connectivity index (χ2n) is 4.38. The number of hydrogen-bond donors (Lipinski definition) is 1. The summed E-state index contributed by atoms with van der Waals surface area (Å²) in [6.45, 7) is 0.443. The second-order valence-corrected chi connectivity index (χ2v) is 4.38. The minimum Gasteiger partial charge on any atom is -0.478 e. The molecule has 7 heteroatoms. The van der Waals surface area contributed by atoms with Gasteiger partial charge in [-0.05, 0) is 40.3 Å². The highest BCUT2D eigenvalue weighted by Gasteiger charge is 2.10. The summed E-state index contributed by atoms with van der Waals surface area (Å²) in [5, 5.41) is 20.5. The molecule has 0 amide bonds. The van der Waals surface area contributed by atoms with Gasteiger partial charge in [0, 0.05) is 6.20 Å². The molecule has 3 aromatic rings. The summed E-state index contributed by atoms with van der Waals surface area (Å²) in [4.78, 5) is 15.0. The van der Waals surface area contributed by atoms with Gasteiger partial charge in [-0.3, -0.25) is 4.98 Å². The van der Waals surface area contributed by atoms with Gasteiger partial charge in [0.2, 0.25) is 5.82 Å². The van der Waals surface area contributed by atoms with Gasteiger partial charge in [0.1, 0.15) is 5.69 Å². The Morgan fingerprint density at radius 3 is 2.62 bits per heavy atom. The molecule has 104 valence electrons. The summed E-state index contributed by atoms with van der Waals surface area (Å²) in [7, 11) is 0. The van der Waals surface area contributed by atoms with E-state index >= 15 is 0 Å². The lowest BCUT2D eigenvalue weighted by atomic mass is 10.1. The fourth-order valence-corrected chi connectivity index (χ4v) is 1.92. The van der Waals surface area contributed by atoms with E-state index in [1.165, 1.54) is 0 Å². The Morgan fingerprint density at radius 1 is 1.14 bits per heavy atom. The van der Waals surface area contributed by atoms with Crippen molar-refractivity contribution in [2.24, 2.45) is 0 Å². The normalized spacial score (nSPS) is 10.5. The van der Waals surface area contributed by atoms with Crippen LogP contribution in [0.4, 0.5) is 0 Å². The van der Waals surface area contributed by atoms with Crippen LogP contribution in [0.2, 0.25) is 0 Å².